The lowest BCUT2D eigenvalue weighted by atomic mass is 9.95. The molecule has 1 aromatic carbocycles. The molecule has 0 spiro atoms. The average molecular weight is 469 g/mol. The lowest BCUT2D eigenvalue weighted by Gasteiger charge is -2.31. The van der Waals surface area contributed by atoms with E-state index in [0.717, 1.165) is 37.2 Å². The van der Waals surface area contributed by atoms with Crippen molar-refractivity contribution >= 4 is 11.7 Å². The Hall–Kier alpha value is -3.10. The number of hydrogen-bond acceptors (Lipinski definition) is 7. The Labute approximate surface area is 199 Å². The third-order valence-electron chi connectivity index (χ3n) is 6.24. The molecule has 182 valence electrons. The Balaban J connectivity index is 1.61. The van der Waals surface area contributed by atoms with Gasteiger partial charge in [-0.15, -0.1) is 0 Å². The Morgan fingerprint density at radius 1 is 1.12 bits per heavy atom. The normalized spacial score (nSPS) is 19.2. The van der Waals surface area contributed by atoms with Gasteiger partial charge in [0.25, 0.3) is 5.91 Å². The van der Waals surface area contributed by atoms with Gasteiger partial charge in [-0.2, -0.15) is 0 Å². The van der Waals surface area contributed by atoms with Crippen molar-refractivity contribution in [2.45, 2.75) is 32.7 Å². The molecule has 1 N–H and O–H groups in total. The molecule has 2 aliphatic rings. The number of carbonyl (C=O) groups is 2. The lowest BCUT2D eigenvalue weighted by Crippen LogP contribution is -2.43. The van der Waals surface area contributed by atoms with Crippen LogP contribution in [0.3, 0.4) is 0 Å². The largest absolute Gasteiger partial charge is 0.503 e. The topological polar surface area (TPSA) is 92.5 Å². The van der Waals surface area contributed by atoms with Gasteiger partial charge in [0, 0.05) is 26.2 Å². The number of aliphatic hydroxyl groups excluding tert-OH is 1. The van der Waals surface area contributed by atoms with E-state index in [-0.39, 0.29) is 11.3 Å². The Morgan fingerprint density at radius 3 is 2.50 bits per heavy atom. The SMILES string of the molecule is CCCCOc1ccc(C2C(C(=O)c3ccc(C)o3)=C(O)C(=O)N2CCN2CCOCC2)cc1. The minimum atomic E-state index is -0.712. The van der Waals surface area contributed by atoms with Crippen LogP contribution in [-0.2, 0) is 9.53 Å². The molecule has 4 rings (SSSR count). The first kappa shape index (κ1) is 24.0. The number of carbonyl (C=O) groups excluding carboxylic acids is 2. The molecule has 1 aromatic heterocycles. The van der Waals surface area contributed by atoms with E-state index in [1.54, 1.807) is 24.0 Å². The molecule has 34 heavy (non-hydrogen) atoms. The molecule has 1 unspecified atom stereocenters. The zero-order chi connectivity index (χ0) is 24.1. The smallest absolute Gasteiger partial charge is 0.290 e. The fourth-order valence-corrected chi connectivity index (χ4v) is 4.31. The second kappa shape index (κ2) is 10.9. The molecule has 1 saturated heterocycles. The third-order valence-corrected chi connectivity index (χ3v) is 6.24. The van der Waals surface area contributed by atoms with E-state index in [2.05, 4.69) is 11.8 Å². The molecular formula is C26H32N2O6. The second-order valence-electron chi connectivity index (χ2n) is 8.63. The molecular weight excluding hydrogens is 436 g/mol. The molecule has 0 radical (unpaired) electrons. The number of morpholine rings is 1. The summed E-state index contributed by atoms with van der Waals surface area (Å²) in [6.07, 6.45) is 2.01. The predicted octanol–water partition coefficient (Wildman–Crippen LogP) is 3.68. The number of aliphatic hydroxyl groups is 1. The van der Waals surface area contributed by atoms with Crippen LogP contribution in [-0.4, -0.2) is 72.6 Å². The molecule has 8 nitrogen and oxygen atoms in total. The Morgan fingerprint density at radius 2 is 1.85 bits per heavy atom. The number of amides is 1. The third kappa shape index (κ3) is 5.18. The van der Waals surface area contributed by atoms with E-state index in [0.29, 0.717) is 38.7 Å². The van der Waals surface area contributed by atoms with Gasteiger partial charge in [0.1, 0.15) is 11.5 Å². The number of hydrogen-bond donors (Lipinski definition) is 1. The number of benzene rings is 1. The van der Waals surface area contributed by atoms with Crippen molar-refractivity contribution in [2.24, 2.45) is 0 Å². The fourth-order valence-electron chi connectivity index (χ4n) is 4.31. The minimum absolute atomic E-state index is 0.0426. The first-order valence-corrected chi connectivity index (χ1v) is 11.9. The highest BCUT2D eigenvalue weighted by atomic mass is 16.5. The quantitative estimate of drug-likeness (QED) is 0.420. The standard InChI is InChI=1S/C26H32N2O6/c1-3-4-15-33-20-8-6-19(7-9-20)23-22(24(29)21-10-5-18(2)34-21)25(30)26(31)28(23)12-11-27-13-16-32-17-14-27/h5-10,23,30H,3-4,11-17H2,1-2H3. The van der Waals surface area contributed by atoms with Gasteiger partial charge in [-0.1, -0.05) is 25.5 Å². The average Bonchev–Trinajstić information content (AvgIpc) is 3.40. The number of ether oxygens (including phenoxy) is 2. The van der Waals surface area contributed by atoms with Gasteiger partial charge >= 0.3 is 0 Å². The van der Waals surface area contributed by atoms with Crippen molar-refractivity contribution in [1.29, 1.82) is 0 Å². The van der Waals surface area contributed by atoms with Crippen molar-refractivity contribution in [2.75, 3.05) is 46.0 Å². The Kier molecular flexibility index (Phi) is 7.70. The van der Waals surface area contributed by atoms with Gasteiger partial charge in [-0.25, -0.2) is 0 Å². The van der Waals surface area contributed by atoms with Gasteiger partial charge in [-0.3, -0.25) is 14.5 Å². The summed E-state index contributed by atoms with van der Waals surface area (Å²) in [5, 5.41) is 10.8. The van der Waals surface area contributed by atoms with Crippen LogP contribution in [0.2, 0.25) is 0 Å². The molecule has 0 aliphatic carbocycles. The highest BCUT2D eigenvalue weighted by molar-refractivity contribution is 6.15. The maximum absolute atomic E-state index is 13.4. The van der Waals surface area contributed by atoms with Crippen LogP contribution in [0.25, 0.3) is 0 Å². The van der Waals surface area contributed by atoms with Crippen LogP contribution in [0, 0.1) is 6.92 Å². The number of aryl methyl sites for hydroxylation is 1. The number of unbranched alkanes of at least 4 members (excludes halogenated alkanes) is 1. The number of furan rings is 1. The van der Waals surface area contributed by atoms with Gasteiger partial charge < -0.3 is 23.9 Å². The summed E-state index contributed by atoms with van der Waals surface area (Å²) in [5.41, 5.74) is 0.773. The van der Waals surface area contributed by atoms with Crippen LogP contribution in [0.15, 0.2) is 52.1 Å². The first-order valence-electron chi connectivity index (χ1n) is 11.9. The number of ketones is 1. The second-order valence-corrected chi connectivity index (χ2v) is 8.63. The molecule has 8 heteroatoms. The summed E-state index contributed by atoms with van der Waals surface area (Å²) in [4.78, 5) is 30.3. The van der Waals surface area contributed by atoms with E-state index >= 15 is 0 Å². The summed E-state index contributed by atoms with van der Waals surface area (Å²) in [6, 6.07) is 9.92. The highest BCUT2D eigenvalue weighted by Crippen LogP contribution is 2.39. The van der Waals surface area contributed by atoms with Crippen molar-refractivity contribution in [3.8, 4) is 5.75 Å². The predicted molar refractivity (Wildman–Crippen MR) is 126 cm³/mol. The van der Waals surface area contributed by atoms with Crippen molar-refractivity contribution in [3.05, 3.63) is 64.8 Å². The van der Waals surface area contributed by atoms with Gasteiger partial charge in [0.05, 0.1) is 31.4 Å². The molecule has 0 saturated carbocycles. The van der Waals surface area contributed by atoms with Crippen molar-refractivity contribution in [3.63, 3.8) is 0 Å². The monoisotopic (exact) mass is 468 g/mol. The molecule has 2 aromatic rings. The molecule has 1 amide bonds. The van der Waals surface area contributed by atoms with E-state index in [4.69, 9.17) is 13.9 Å². The van der Waals surface area contributed by atoms with Crippen LogP contribution in [0.1, 0.15) is 47.7 Å². The van der Waals surface area contributed by atoms with Crippen molar-refractivity contribution in [1.82, 2.24) is 9.80 Å². The van der Waals surface area contributed by atoms with Gasteiger partial charge in [0.2, 0.25) is 5.78 Å². The van der Waals surface area contributed by atoms with Crippen molar-refractivity contribution < 1.29 is 28.6 Å². The van der Waals surface area contributed by atoms with Crippen LogP contribution in [0.4, 0.5) is 0 Å². The number of Topliss-reactive ketones (excluding diaryl/α,β-unsaturated/α-hetero) is 1. The fraction of sp³-hybridized carbons (Fsp3) is 0.462. The van der Waals surface area contributed by atoms with Gasteiger partial charge in [-0.05, 0) is 43.2 Å². The zero-order valence-electron chi connectivity index (χ0n) is 19.8. The van der Waals surface area contributed by atoms with Gasteiger partial charge in [0.15, 0.2) is 11.5 Å². The Bertz CT molecular complexity index is 1040. The molecule has 1 fully saturated rings. The van der Waals surface area contributed by atoms with E-state index in [9.17, 15) is 14.7 Å². The molecule has 1 atom stereocenters. The van der Waals surface area contributed by atoms with Crippen LogP contribution >= 0.6 is 0 Å². The molecule has 0 bridgehead atoms. The summed E-state index contributed by atoms with van der Waals surface area (Å²) >= 11 is 0. The van der Waals surface area contributed by atoms with Crippen LogP contribution in [0.5, 0.6) is 5.75 Å². The summed E-state index contributed by atoms with van der Waals surface area (Å²) in [5.74, 6) is -0.138. The zero-order valence-corrected chi connectivity index (χ0v) is 19.8. The summed E-state index contributed by atoms with van der Waals surface area (Å²) in [6.45, 7) is 8.35. The maximum atomic E-state index is 13.4. The number of rotatable bonds is 10. The number of nitrogens with zero attached hydrogens (tertiary/aromatic N) is 2. The minimum Gasteiger partial charge on any atom is -0.503 e. The molecule has 3 heterocycles. The lowest BCUT2D eigenvalue weighted by molar-refractivity contribution is -0.129. The molecule has 2 aliphatic heterocycles. The maximum Gasteiger partial charge on any atom is 0.290 e. The van der Waals surface area contributed by atoms with E-state index in [1.807, 2.05) is 24.3 Å². The van der Waals surface area contributed by atoms with E-state index < -0.39 is 23.5 Å². The summed E-state index contributed by atoms with van der Waals surface area (Å²) < 4.78 is 16.7. The first-order chi connectivity index (χ1) is 16.5. The summed E-state index contributed by atoms with van der Waals surface area (Å²) in [7, 11) is 0. The highest BCUT2D eigenvalue weighted by Gasteiger charge is 2.44. The van der Waals surface area contributed by atoms with E-state index in [1.165, 1.54) is 0 Å². The van der Waals surface area contributed by atoms with Crippen LogP contribution < -0.4 is 4.74 Å².